The van der Waals surface area contributed by atoms with Crippen LogP contribution in [0.2, 0.25) is 0 Å². The van der Waals surface area contributed by atoms with Crippen molar-refractivity contribution in [2.24, 2.45) is 0 Å². The SMILES string of the molecule is C=CCn1c(SCc2nnc(-c3cc(C)oc3C)o2)nnc1[C@@H]1CCS(=O)(=O)C1. The third-order valence-corrected chi connectivity index (χ3v) is 7.44. The minimum atomic E-state index is -3.00. The summed E-state index contributed by atoms with van der Waals surface area (Å²) in [6.07, 6.45) is 2.31. The Kier molecular flexibility index (Phi) is 5.34. The van der Waals surface area contributed by atoms with Crippen LogP contribution in [0.5, 0.6) is 0 Å². The van der Waals surface area contributed by atoms with E-state index in [9.17, 15) is 8.42 Å². The van der Waals surface area contributed by atoms with Crippen LogP contribution in [-0.2, 0) is 22.1 Å². The van der Waals surface area contributed by atoms with Gasteiger partial charge in [-0.15, -0.1) is 27.0 Å². The number of allylic oxidation sites excluding steroid dienone is 1. The molecule has 0 N–H and O–H groups in total. The quantitative estimate of drug-likeness (QED) is 0.408. The molecule has 0 aromatic carbocycles. The minimum Gasteiger partial charge on any atom is -0.466 e. The Morgan fingerprint density at radius 3 is 2.76 bits per heavy atom. The zero-order chi connectivity index (χ0) is 20.6. The van der Waals surface area contributed by atoms with Crippen LogP contribution in [0.3, 0.4) is 0 Å². The molecule has 1 atom stereocenters. The lowest BCUT2D eigenvalue weighted by atomic mass is 10.1. The Labute approximate surface area is 172 Å². The normalized spacial score (nSPS) is 18.3. The van der Waals surface area contributed by atoms with Gasteiger partial charge in [0.15, 0.2) is 15.0 Å². The summed E-state index contributed by atoms with van der Waals surface area (Å²) in [6.45, 7) is 8.00. The molecule has 1 aliphatic heterocycles. The summed E-state index contributed by atoms with van der Waals surface area (Å²) >= 11 is 1.41. The van der Waals surface area contributed by atoms with Gasteiger partial charge in [0.2, 0.25) is 5.89 Å². The van der Waals surface area contributed by atoms with E-state index >= 15 is 0 Å². The average molecular weight is 436 g/mol. The minimum absolute atomic E-state index is 0.115. The number of thioether (sulfide) groups is 1. The van der Waals surface area contributed by atoms with E-state index in [-0.39, 0.29) is 17.4 Å². The third kappa shape index (κ3) is 4.15. The first-order chi connectivity index (χ1) is 13.9. The Balaban J connectivity index is 1.50. The fraction of sp³-hybridized carbons (Fsp3) is 0.444. The van der Waals surface area contributed by atoms with Crippen LogP contribution in [0.15, 0.2) is 32.7 Å². The number of hydrogen-bond acceptors (Lipinski definition) is 9. The largest absolute Gasteiger partial charge is 0.466 e. The van der Waals surface area contributed by atoms with Gasteiger partial charge < -0.3 is 13.4 Å². The van der Waals surface area contributed by atoms with Crippen molar-refractivity contribution < 1.29 is 17.3 Å². The fourth-order valence-electron chi connectivity index (χ4n) is 3.40. The summed E-state index contributed by atoms with van der Waals surface area (Å²) in [5.74, 6) is 3.66. The van der Waals surface area contributed by atoms with Gasteiger partial charge in [0.1, 0.15) is 17.3 Å². The van der Waals surface area contributed by atoms with Gasteiger partial charge in [-0.3, -0.25) is 0 Å². The number of nitrogens with zero attached hydrogens (tertiary/aromatic N) is 5. The van der Waals surface area contributed by atoms with Crippen molar-refractivity contribution in [2.45, 2.75) is 43.6 Å². The fourth-order valence-corrected chi connectivity index (χ4v) is 5.93. The first-order valence-electron chi connectivity index (χ1n) is 9.13. The Bertz CT molecular complexity index is 1150. The van der Waals surface area contributed by atoms with E-state index in [0.29, 0.717) is 41.5 Å². The molecule has 0 radical (unpaired) electrons. The summed E-state index contributed by atoms with van der Waals surface area (Å²) < 4.78 is 36.8. The van der Waals surface area contributed by atoms with Crippen LogP contribution in [0.25, 0.3) is 11.5 Å². The molecule has 4 rings (SSSR count). The van der Waals surface area contributed by atoms with Gasteiger partial charge in [0.05, 0.1) is 22.8 Å². The number of sulfone groups is 1. The van der Waals surface area contributed by atoms with Crippen molar-refractivity contribution in [3.05, 3.63) is 42.0 Å². The van der Waals surface area contributed by atoms with Crippen molar-refractivity contribution in [1.82, 2.24) is 25.0 Å². The molecule has 0 amide bonds. The lowest BCUT2D eigenvalue weighted by Gasteiger charge is -2.10. The molecule has 0 saturated carbocycles. The topological polar surface area (TPSA) is 117 Å². The second-order valence-corrected chi connectivity index (χ2v) is 10.1. The highest BCUT2D eigenvalue weighted by Gasteiger charge is 2.33. The van der Waals surface area contributed by atoms with Gasteiger partial charge >= 0.3 is 0 Å². The number of aryl methyl sites for hydroxylation is 2. The van der Waals surface area contributed by atoms with Crippen LogP contribution in [0.4, 0.5) is 0 Å². The van der Waals surface area contributed by atoms with Gasteiger partial charge in [0, 0.05) is 12.5 Å². The van der Waals surface area contributed by atoms with Crippen molar-refractivity contribution >= 4 is 21.6 Å². The number of rotatable bonds is 7. The Morgan fingerprint density at radius 2 is 2.10 bits per heavy atom. The van der Waals surface area contributed by atoms with E-state index in [4.69, 9.17) is 8.83 Å². The maximum atomic E-state index is 11.8. The molecule has 29 heavy (non-hydrogen) atoms. The highest BCUT2D eigenvalue weighted by atomic mass is 32.2. The summed E-state index contributed by atoms with van der Waals surface area (Å²) in [6, 6.07) is 1.86. The molecule has 1 saturated heterocycles. The van der Waals surface area contributed by atoms with Crippen LogP contribution >= 0.6 is 11.8 Å². The smallest absolute Gasteiger partial charge is 0.251 e. The highest BCUT2D eigenvalue weighted by molar-refractivity contribution is 7.98. The van der Waals surface area contributed by atoms with Crippen molar-refractivity contribution in [1.29, 1.82) is 0 Å². The van der Waals surface area contributed by atoms with Gasteiger partial charge in [-0.2, -0.15) is 0 Å². The standard InChI is InChI=1S/C18H21N5O4S2/c1-4-6-23-16(13-5-7-29(24,25)10-13)20-22-18(23)28-9-15-19-21-17(27-15)14-8-11(2)26-12(14)3/h4,8,13H,1,5-7,9-10H2,2-3H3/t13-/m1/s1. The number of hydrogen-bond donors (Lipinski definition) is 0. The monoisotopic (exact) mass is 435 g/mol. The van der Waals surface area contributed by atoms with Crippen LogP contribution < -0.4 is 0 Å². The van der Waals surface area contributed by atoms with E-state index in [2.05, 4.69) is 27.0 Å². The molecule has 11 heteroatoms. The molecule has 0 spiro atoms. The van der Waals surface area contributed by atoms with E-state index < -0.39 is 9.84 Å². The van der Waals surface area contributed by atoms with Crippen molar-refractivity contribution in [3.8, 4) is 11.5 Å². The number of furan rings is 1. The Hall–Kier alpha value is -2.40. The molecule has 0 unspecified atom stereocenters. The molecule has 1 aliphatic rings. The molecule has 1 fully saturated rings. The molecule has 0 aliphatic carbocycles. The molecule has 4 heterocycles. The molecule has 0 bridgehead atoms. The molecule has 154 valence electrons. The second-order valence-electron chi connectivity index (χ2n) is 6.96. The zero-order valence-electron chi connectivity index (χ0n) is 16.2. The summed E-state index contributed by atoms with van der Waals surface area (Å²) in [4.78, 5) is 0. The Morgan fingerprint density at radius 1 is 1.28 bits per heavy atom. The summed E-state index contributed by atoms with van der Waals surface area (Å²) in [5, 5.41) is 17.4. The van der Waals surface area contributed by atoms with E-state index in [1.165, 1.54) is 11.8 Å². The van der Waals surface area contributed by atoms with Gasteiger partial charge in [-0.05, 0) is 26.3 Å². The van der Waals surface area contributed by atoms with E-state index in [1.807, 2.05) is 24.5 Å². The van der Waals surface area contributed by atoms with Gasteiger partial charge in [-0.25, -0.2) is 8.42 Å². The van der Waals surface area contributed by atoms with Crippen molar-refractivity contribution in [2.75, 3.05) is 11.5 Å². The van der Waals surface area contributed by atoms with Crippen LogP contribution in [0, 0.1) is 13.8 Å². The van der Waals surface area contributed by atoms with Crippen molar-refractivity contribution in [3.63, 3.8) is 0 Å². The summed E-state index contributed by atoms with van der Waals surface area (Å²) in [5.41, 5.74) is 0.783. The first kappa shape index (κ1) is 19.9. The lowest BCUT2D eigenvalue weighted by Crippen LogP contribution is -2.11. The molecule has 3 aromatic rings. The van der Waals surface area contributed by atoms with Crippen LogP contribution in [-0.4, -0.2) is 44.9 Å². The first-order valence-corrected chi connectivity index (χ1v) is 11.9. The predicted molar refractivity (Wildman–Crippen MR) is 107 cm³/mol. The van der Waals surface area contributed by atoms with E-state index in [0.717, 1.165) is 17.1 Å². The van der Waals surface area contributed by atoms with Gasteiger partial charge in [0.25, 0.3) is 5.89 Å². The van der Waals surface area contributed by atoms with Gasteiger partial charge in [-0.1, -0.05) is 17.8 Å². The lowest BCUT2D eigenvalue weighted by molar-refractivity contribution is 0.499. The molecular weight excluding hydrogens is 414 g/mol. The maximum Gasteiger partial charge on any atom is 0.251 e. The third-order valence-electron chi connectivity index (χ3n) is 4.72. The predicted octanol–water partition coefficient (Wildman–Crippen LogP) is 2.92. The molecule has 9 nitrogen and oxygen atoms in total. The molecular formula is C18H21N5O4S2. The average Bonchev–Trinajstić information content (AvgIpc) is 3.41. The summed E-state index contributed by atoms with van der Waals surface area (Å²) in [7, 11) is -3.00. The molecule has 3 aromatic heterocycles. The van der Waals surface area contributed by atoms with Crippen LogP contribution in [0.1, 0.15) is 35.6 Å². The second kappa shape index (κ2) is 7.79. The maximum absolute atomic E-state index is 11.8. The van der Waals surface area contributed by atoms with E-state index in [1.54, 1.807) is 6.08 Å². The number of aromatic nitrogens is 5. The zero-order valence-corrected chi connectivity index (χ0v) is 17.8. The highest BCUT2D eigenvalue weighted by Crippen LogP contribution is 2.31.